The SMILES string of the molecule is CN(CC(=O)N1CC[NH+](C)CC1)C(=S)Nc1ccccc1F. The number of amides is 1. The first kappa shape index (κ1) is 16.6. The Morgan fingerprint density at radius 2 is 2.05 bits per heavy atom. The molecule has 0 spiro atoms. The quantitative estimate of drug-likeness (QED) is 0.756. The van der Waals surface area contributed by atoms with Crippen molar-refractivity contribution < 1.29 is 14.1 Å². The molecule has 1 aliphatic heterocycles. The van der Waals surface area contributed by atoms with E-state index < -0.39 is 0 Å². The molecule has 1 aromatic carbocycles. The highest BCUT2D eigenvalue weighted by Gasteiger charge is 2.22. The summed E-state index contributed by atoms with van der Waals surface area (Å²) < 4.78 is 13.6. The average Bonchev–Trinajstić information content (AvgIpc) is 2.50. The van der Waals surface area contributed by atoms with E-state index in [0.29, 0.717) is 10.8 Å². The zero-order chi connectivity index (χ0) is 16.1. The summed E-state index contributed by atoms with van der Waals surface area (Å²) in [5.74, 6) is -0.320. The van der Waals surface area contributed by atoms with Crippen molar-refractivity contribution >= 4 is 28.9 Å². The van der Waals surface area contributed by atoms with E-state index in [9.17, 15) is 9.18 Å². The first-order chi connectivity index (χ1) is 10.5. The number of nitrogens with zero attached hydrogens (tertiary/aromatic N) is 2. The molecule has 1 aliphatic rings. The first-order valence-electron chi connectivity index (χ1n) is 7.33. The number of thiocarbonyl (C=S) groups is 1. The van der Waals surface area contributed by atoms with Crippen LogP contribution < -0.4 is 10.2 Å². The lowest BCUT2D eigenvalue weighted by atomic mass is 10.3. The lowest BCUT2D eigenvalue weighted by Gasteiger charge is -2.31. The van der Waals surface area contributed by atoms with Crippen molar-refractivity contribution in [1.82, 2.24) is 9.80 Å². The molecule has 1 amide bonds. The van der Waals surface area contributed by atoms with E-state index in [1.165, 1.54) is 11.0 Å². The number of para-hydroxylation sites is 1. The minimum absolute atomic E-state index is 0.0488. The number of piperazine rings is 1. The second-order valence-electron chi connectivity index (χ2n) is 5.60. The van der Waals surface area contributed by atoms with E-state index in [-0.39, 0.29) is 18.3 Å². The highest BCUT2D eigenvalue weighted by molar-refractivity contribution is 7.80. The molecule has 22 heavy (non-hydrogen) atoms. The van der Waals surface area contributed by atoms with E-state index in [4.69, 9.17) is 12.2 Å². The Labute approximate surface area is 135 Å². The van der Waals surface area contributed by atoms with Crippen molar-refractivity contribution in [3.8, 4) is 0 Å². The molecular formula is C15H22FN4OS+. The van der Waals surface area contributed by atoms with Gasteiger partial charge in [0.25, 0.3) is 0 Å². The van der Waals surface area contributed by atoms with Crippen LogP contribution in [0.4, 0.5) is 10.1 Å². The van der Waals surface area contributed by atoms with Crippen molar-refractivity contribution in [2.24, 2.45) is 0 Å². The highest BCUT2D eigenvalue weighted by atomic mass is 32.1. The van der Waals surface area contributed by atoms with Gasteiger partial charge >= 0.3 is 0 Å². The molecule has 0 saturated carbocycles. The molecule has 0 radical (unpaired) electrons. The van der Waals surface area contributed by atoms with Gasteiger partial charge in [-0.25, -0.2) is 4.39 Å². The summed E-state index contributed by atoms with van der Waals surface area (Å²) in [6.45, 7) is 3.66. The van der Waals surface area contributed by atoms with Gasteiger partial charge in [-0.05, 0) is 24.4 Å². The zero-order valence-electron chi connectivity index (χ0n) is 12.9. The maximum Gasteiger partial charge on any atom is 0.242 e. The Kier molecular flexibility index (Phi) is 5.68. The van der Waals surface area contributed by atoms with Crippen LogP contribution in [0.2, 0.25) is 0 Å². The van der Waals surface area contributed by atoms with Crippen LogP contribution in [0.25, 0.3) is 0 Å². The third kappa shape index (κ3) is 4.38. The summed E-state index contributed by atoms with van der Waals surface area (Å²) in [6.07, 6.45) is 0. The number of likely N-dealkylation sites (N-methyl/N-ethyl adjacent to an activating group) is 2. The maximum atomic E-state index is 13.6. The molecule has 1 aromatic rings. The van der Waals surface area contributed by atoms with Crippen molar-refractivity contribution in [3.05, 3.63) is 30.1 Å². The molecule has 0 aliphatic carbocycles. The van der Waals surface area contributed by atoms with Crippen LogP contribution in [0.5, 0.6) is 0 Å². The van der Waals surface area contributed by atoms with E-state index in [1.807, 2.05) is 4.90 Å². The monoisotopic (exact) mass is 325 g/mol. The molecule has 0 unspecified atom stereocenters. The molecule has 0 aromatic heterocycles. The standard InChI is InChI=1S/C15H21FN4OS/c1-18-7-9-20(10-8-18)14(21)11-19(2)15(22)17-13-6-4-3-5-12(13)16/h3-6H,7-11H2,1-2H3,(H,17,22)/p+1. The molecule has 1 fully saturated rings. The average molecular weight is 325 g/mol. The molecule has 1 heterocycles. The lowest BCUT2D eigenvalue weighted by Crippen LogP contribution is -3.12. The summed E-state index contributed by atoms with van der Waals surface area (Å²) in [5, 5.41) is 3.16. The number of nitrogens with one attached hydrogen (secondary N) is 2. The number of anilines is 1. The van der Waals surface area contributed by atoms with Gasteiger partial charge < -0.3 is 20.0 Å². The van der Waals surface area contributed by atoms with Crippen molar-refractivity contribution in [3.63, 3.8) is 0 Å². The molecule has 0 bridgehead atoms. The van der Waals surface area contributed by atoms with Gasteiger partial charge in [0.2, 0.25) is 5.91 Å². The van der Waals surface area contributed by atoms with Crippen LogP contribution >= 0.6 is 12.2 Å². The number of quaternary nitrogens is 1. The predicted molar refractivity (Wildman–Crippen MR) is 88.5 cm³/mol. The van der Waals surface area contributed by atoms with Gasteiger partial charge in [-0.1, -0.05) is 12.1 Å². The molecule has 120 valence electrons. The third-order valence-corrected chi connectivity index (χ3v) is 4.22. The maximum absolute atomic E-state index is 13.6. The van der Waals surface area contributed by atoms with Crippen molar-refractivity contribution in [2.75, 3.05) is 52.1 Å². The number of carbonyl (C=O) groups is 1. The fourth-order valence-electron chi connectivity index (χ4n) is 2.29. The van der Waals surface area contributed by atoms with Gasteiger partial charge in [-0.2, -0.15) is 0 Å². The first-order valence-corrected chi connectivity index (χ1v) is 7.74. The summed E-state index contributed by atoms with van der Waals surface area (Å²) in [4.78, 5) is 17.2. The van der Waals surface area contributed by atoms with Crippen LogP contribution in [0.15, 0.2) is 24.3 Å². The number of carbonyl (C=O) groups excluding carboxylic acids is 1. The summed E-state index contributed by atoms with van der Waals surface area (Å²) in [7, 11) is 3.86. The molecule has 2 N–H and O–H groups in total. The minimum atomic E-state index is -0.369. The van der Waals surface area contributed by atoms with Gasteiger partial charge in [-0.15, -0.1) is 0 Å². The predicted octanol–water partition coefficient (Wildman–Crippen LogP) is -0.189. The number of hydrogen-bond donors (Lipinski definition) is 2. The Morgan fingerprint density at radius 3 is 2.68 bits per heavy atom. The van der Waals surface area contributed by atoms with E-state index >= 15 is 0 Å². The van der Waals surface area contributed by atoms with Crippen LogP contribution in [0.1, 0.15) is 0 Å². The fourth-order valence-corrected chi connectivity index (χ4v) is 2.46. The van der Waals surface area contributed by atoms with Gasteiger partial charge in [0.05, 0.1) is 45.5 Å². The smallest absolute Gasteiger partial charge is 0.242 e. The number of hydrogen-bond acceptors (Lipinski definition) is 2. The second-order valence-corrected chi connectivity index (χ2v) is 5.99. The fraction of sp³-hybridized carbons (Fsp3) is 0.467. The number of rotatable bonds is 3. The lowest BCUT2D eigenvalue weighted by molar-refractivity contribution is -0.883. The van der Waals surface area contributed by atoms with Crippen LogP contribution in [-0.2, 0) is 4.79 Å². The molecule has 1 saturated heterocycles. The largest absolute Gasteiger partial charge is 0.343 e. The van der Waals surface area contributed by atoms with Gasteiger partial charge in [0.15, 0.2) is 5.11 Å². The second kappa shape index (κ2) is 7.51. The third-order valence-electron chi connectivity index (χ3n) is 3.80. The molecular weight excluding hydrogens is 303 g/mol. The summed E-state index contributed by atoms with van der Waals surface area (Å²) in [5.41, 5.74) is 0.315. The van der Waals surface area contributed by atoms with E-state index in [0.717, 1.165) is 26.2 Å². The van der Waals surface area contributed by atoms with E-state index in [2.05, 4.69) is 12.4 Å². The molecule has 7 heteroatoms. The van der Waals surface area contributed by atoms with Gasteiger partial charge in [-0.3, -0.25) is 4.79 Å². The molecule has 2 rings (SSSR count). The Hall–Kier alpha value is -1.73. The normalized spacial score (nSPS) is 15.5. The van der Waals surface area contributed by atoms with E-state index in [1.54, 1.807) is 30.1 Å². The molecule has 0 atom stereocenters. The number of benzene rings is 1. The Bertz CT molecular complexity index is 546. The number of halogens is 1. The van der Waals surface area contributed by atoms with Crippen LogP contribution in [0.3, 0.4) is 0 Å². The van der Waals surface area contributed by atoms with Crippen molar-refractivity contribution in [2.45, 2.75) is 0 Å². The topological polar surface area (TPSA) is 40.0 Å². The summed E-state index contributed by atoms with van der Waals surface area (Å²) in [6, 6.07) is 6.32. The van der Waals surface area contributed by atoms with Gasteiger partial charge in [0.1, 0.15) is 5.82 Å². The Morgan fingerprint density at radius 1 is 1.41 bits per heavy atom. The van der Waals surface area contributed by atoms with Crippen LogP contribution in [0, 0.1) is 5.82 Å². The minimum Gasteiger partial charge on any atom is -0.343 e. The molecule has 5 nitrogen and oxygen atoms in total. The van der Waals surface area contributed by atoms with Gasteiger partial charge in [0, 0.05) is 7.05 Å². The Balaban J connectivity index is 1.86. The van der Waals surface area contributed by atoms with Crippen molar-refractivity contribution in [1.29, 1.82) is 0 Å². The zero-order valence-corrected chi connectivity index (χ0v) is 13.8. The highest BCUT2D eigenvalue weighted by Crippen LogP contribution is 2.13. The summed E-state index contributed by atoms with van der Waals surface area (Å²) >= 11 is 5.23. The van der Waals surface area contributed by atoms with Crippen LogP contribution in [-0.4, -0.2) is 67.6 Å².